The van der Waals surface area contributed by atoms with Crippen LogP contribution in [0.5, 0.6) is 0 Å². The van der Waals surface area contributed by atoms with E-state index in [9.17, 15) is 10.5 Å². The van der Waals surface area contributed by atoms with Crippen LogP contribution in [0.15, 0.2) is 140 Å². The van der Waals surface area contributed by atoms with Gasteiger partial charge in [0.2, 0.25) is 0 Å². The van der Waals surface area contributed by atoms with Crippen LogP contribution in [0.25, 0.3) is 56.7 Å². The third kappa shape index (κ3) is 5.02. The lowest BCUT2D eigenvalue weighted by atomic mass is 10.1. The van der Waals surface area contributed by atoms with Crippen molar-refractivity contribution in [1.82, 2.24) is 24.5 Å². The van der Waals surface area contributed by atoms with E-state index in [2.05, 4.69) is 12.1 Å². The minimum absolute atomic E-state index is 0.589. The first-order valence-electron chi connectivity index (χ1n) is 14.0. The van der Waals surface area contributed by atoms with Crippen molar-refractivity contribution in [3.05, 3.63) is 151 Å². The van der Waals surface area contributed by atoms with Crippen molar-refractivity contribution >= 4 is 0 Å². The minimum atomic E-state index is 0.589. The predicted octanol–water partition coefficient (Wildman–Crippen LogP) is 7.86. The molecule has 7 rings (SSSR count). The number of nitriles is 2. The molecule has 0 saturated carbocycles. The highest BCUT2D eigenvalue weighted by Gasteiger charge is 2.18. The van der Waals surface area contributed by atoms with Gasteiger partial charge in [0.1, 0.15) is 0 Å². The van der Waals surface area contributed by atoms with Gasteiger partial charge in [-0.05, 0) is 48.5 Å². The SMILES string of the molecule is N#Cc1ccc(-c2cc(-c3ccccc3)nn2-c2cccc(-n3nc(-c4ccccc4)cc3-c3ccc(C#N)cc3)n2)cc1. The quantitative estimate of drug-likeness (QED) is 0.204. The van der Waals surface area contributed by atoms with Crippen LogP contribution in [-0.4, -0.2) is 24.5 Å². The Morgan fingerprint density at radius 1 is 0.432 bits per heavy atom. The van der Waals surface area contributed by atoms with E-state index < -0.39 is 0 Å². The van der Waals surface area contributed by atoms with E-state index in [1.54, 1.807) is 24.3 Å². The summed E-state index contributed by atoms with van der Waals surface area (Å²) in [5.74, 6) is 1.23. The number of pyridine rings is 1. The minimum Gasteiger partial charge on any atom is -0.214 e. The fourth-order valence-electron chi connectivity index (χ4n) is 5.10. The molecule has 0 saturated heterocycles. The molecule has 7 heteroatoms. The van der Waals surface area contributed by atoms with Gasteiger partial charge in [0.15, 0.2) is 11.6 Å². The third-order valence-electron chi connectivity index (χ3n) is 7.33. The molecule has 0 bridgehead atoms. The van der Waals surface area contributed by atoms with E-state index >= 15 is 0 Å². The van der Waals surface area contributed by atoms with Gasteiger partial charge >= 0.3 is 0 Å². The third-order valence-corrected chi connectivity index (χ3v) is 7.33. The van der Waals surface area contributed by atoms with E-state index in [0.29, 0.717) is 22.8 Å². The Morgan fingerprint density at radius 2 is 0.841 bits per heavy atom. The fraction of sp³-hybridized carbons (Fsp3) is 0. The van der Waals surface area contributed by atoms with E-state index in [0.717, 1.165) is 45.0 Å². The monoisotopic (exact) mass is 565 g/mol. The lowest BCUT2D eigenvalue weighted by Crippen LogP contribution is -2.07. The average Bonchev–Trinajstić information content (AvgIpc) is 3.76. The molecule has 0 aliphatic rings. The zero-order valence-corrected chi connectivity index (χ0v) is 23.4. The first-order valence-corrected chi connectivity index (χ1v) is 14.0. The van der Waals surface area contributed by atoms with Crippen molar-refractivity contribution in [2.24, 2.45) is 0 Å². The Kier molecular flexibility index (Phi) is 6.80. The van der Waals surface area contributed by atoms with Crippen LogP contribution < -0.4 is 0 Å². The summed E-state index contributed by atoms with van der Waals surface area (Å²) in [6.45, 7) is 0. The second kappa shape index (κ2) is 11.4. The van der Waals surface area contributed by atoms with Gasteiger partial charge in [0.25, 0.3) is 0 Å². The molecule has 0 aliphatic heterocycles. The maximum Gasteiger partial charge on any atom is 0.156 e. The molecule has 0 N–H and O–H groups in total. The number of aromatic nitrogens is 5. The second-order valence-corrected chi connectivity index (χ2v) is 10.1. The molecule has 3 heterocycles. The van der Waals surface area contributed by atoms with Gasteiger partial charge in [0.05, 0.1) is 46.0 Å². The average molecular weight is 566 g/mol. The molecule has 4 aromatic carbocycles. The van der Waals surface area contributed by atoms with Crippen LogP contribution in [0, 0.1) is 22.7 Å². The Labute approximate surface area is 254 Å². The van der Waals surface area contributed by atoms with Crippen molar-refractivity contribution in [2.45, 2.75) is 0 Å². The second-order valence-electron chi connectivity index (χ2n) is 10.1. The summed E-state index contributed by atoms with van der Waals surface area (Å²) in [5.41, 5.74) is 8.27. The zero-order valence-electron chi connectivity index (χ0n) is 23.4. The van der Waals surface area contributed by atoms with E-state index in [1.807, 2.05) is 125 Å². The number of benzene rings is 4. The highest BCUT2D eigenvalue weighted by molar-refractivity contribution is 5.72. The molecule has 0 spiro atoms. The first kappa shape index (κ1) is 26.3. The summed E-state index contributed by atoms with van der Waals surface area (Å²) < 4.78 is 3.66. The van der Waals surface area contributed by atoms with Crippen LogP contribution in [0.4, 0.5) is 0 Å². The van der Waals surface area contributed by atoms with Gasteiger partial charge in [-0.1, -0.05) is 91.0 Å². The summed E-state index contributed by atoms with van der Waals surface area (Å²) in [6.07, 6.45) is 0. The van der Waals surface area contributed by atoms with Crippen LogP contribution in [0.2, 0.25) is 0 Å². The standard InChI is InChI=1S/C37H23N7/c38-24-26-14-18-30(19-15-26)34-22-32(28-8-3-1-4-9-28)41-43(34)36-12-7-13-37(40-36)44-35(31-20-16-27(25-39)17-21-31)23-33(42-44)29-10-5-2-6-11-29/h1-23H. The van der Waals surface area contributed by atoms with Crippen LogP contribution in [0.3, 0.4) is 0 Å². The normalized spacial score (nSPS) is 10.7. The Morgan fingerprint density at radius 3 is 1.23 bits per heavy atom. The Balaban J connectivity index is 1.38. The van der Waals surface area contributed by atoms with Crippen molar-refractivity contribution in [3.8, 4) is 68.8 Å². The van der Waals surface area contributed by atoms with Crippen LogP contribution in [-0.2, 0) is 0 Å². The molecule has 0 amide bonds. The Bertz CT molecular complexity index is 2010. The predicted molar refractivity (Wildman–Crippen MR) is 170 cm³/mol. The summed E-state index contributed by atoms with van der Waals surface area (Å²) >= 11 is 0. The molecule has 7 nitrogen and oxygen atoms in total. The molecule has 44 heavy (non-hydrogen) atoms. The van der Waals surface area contributed by atoms with Crippen LogP contribution >= 0.6 is 0 Å². The molecule has 0 aliphatic carbocycles. The summed E-state index contributed by atoms with van der Waals surface area (Å²) in [7, 11) is 0. The van der Waals surface area contributed by atoms with E-state index in [-0.39, 0.29) is 0 Å². The van der Waals surface area contributed by atoms with Gasteiger partial charge in [-0.3, -0.25) is 0 Å². The summed E-state index contributed by atoms with van der Waals surface area (Å²) in [4.78, 5) is 5.06. The van der Waals surface area contributed by atoms with E-state index in [1.165, 1.54) is 0 Å². The van der Waals surface area contributed by atoms with E-state index in [4.69, 9.17) is 15.2 Å². The first-order chi connectivity index (χ1) is 21.7. The van der Waals surface area contributed by atoms with Crippen LogP contribution in [0.1, 0.15) is 11.1 Å². The highest BCUT2D eigenvalue weighted by Crippen LogP contribution is 2.31. The molecule has 7 aromatic rings. The number of rotatable bonds is 6. The van der Waals surface area contributed by atoms with Crippen molar-refractivity contribution in [2.75, 3.05) is 0 Å². The topological polar surface area (TPSA) is 96.1 Å². The molecule has 0 unspecified atom stereocenters. The number of nitrogens with zero attached hydrogens (tertiary/aromatic N) is 7. The van der Waals surface area contributed by atoms with Gasteiger partial charge < -0.3 is 0 Å². The molecule has 0 radical (unpaired) electrons. The molecule has 0 fully saturated rings. The molecule has 206 valence electrons. The summed E-state index contributed by atoms with van der Waals surface area (Å²) in [5, 5.41) is 28.6. The molecule has 0 atom stereocenters. The molecular formula is C37H23N7. The highest BCUT2D eigenvalue weighted by atomic mass is 15.4. The van der Waals surface area contributed by atoms with Crippen molar-refractivity contribution < 1.29 is 0 Å². The van der Waals surface area contributed by atoms with Gasteiger partial charge in [-0.25, -0.2) is 14.3 Å². The smallest absolute Gasteiger partial charge is 0.156 e. The lowest BCUT2D eigenvalue weighted by Gasteiger charge is -2.11. The molecule has 3 aromatic heterocycles. The number of hydrogen-bond donors (Lipinski definition) is 0. The maximum absolute atomic E-state index is 9.33. The number of hydrogen-bond acceptors (Lipinski definition) is 5. The lowest BCUT2D eigenvalue weighted by molar-refractivity contribution is 0.813. The van der Waals surface area contributed by atoms with Gasteiger partial charge in [-0.15, -0.1) is 0 Å². The maximum atomic E-state index is 9.33. The largest absolute Gasteiger partial charge is 0.214 e. The zero-order chi connectivity index (χ0) is 29.9. The van der Waals surface area contributed by atoms with Crippen molar-refractivity contribution in [1.29, 1.82) is 10.5 Å². The fourth-order valence-corrected chi connectivity index (χ4v) is 5.10. The van der Waals surface area contributed by atoms with Gasteiger partial charge in [0, 0.05) is 22.3 Å². The summed E-state index contributed by atoms with van der Waals surface area (Å²) in [6, 6.07) is 49.1. The molecular weight excluding hydrogens is 542 g/mol. The van der Waals surface area contributed by atoms with Gasteiger partial charge in [-0.2, -0.15) is 20.7 Å². The van der Waals surface area contributed by atoms with Crippen molar-refractivity contribution in [3.63, 3.8) is 0 Å². The Hall–Kier alpha value is -6.57.